The van der Waals surface area contributed by atoms with Crippen molar-refractivity contribution in [1.82, 2.24) is 24.7 Å². The van der Waals surface area contributed by atoms with E-state index in [9.17, 15) is 37.4 Å². The number of fused-ring (bicyclic) bond motifs is 2. The van der Waals surface area contributed by atoms with Crippen molar-refractivity contribution in [2.45, 2.75) is 6.54 Å². The van der Waals surface area contributed by atoms with Crippen LogP contribution in [-0.4, -0.2) is 110 Å². The van der Waals surface area contributed by atoms with Gasteiger partial charge >= 0.3 is 11.9 Å². The Hall–Kier alpha value is -6.56. The van der Waals surface area contributed by atoms with Crippen molar-refractivity contribution in [3.05, 3.63) is 119 Å². The van der Waals surface area contributed by atoms with Crippen molar-refractivity contribution in [2.75, 3.05) is 63.2 Å². The van der Waals surface area contributed by atoms with Gasteiger partial charge in [-0.05, 0) is 78.7 Å². The van der Waals surface area contributed by atoms with Gasteiger partial charge < -0.3 is 34.1 Å². The van der Waals surface area contributed by atoms with E-state index < -0.39 is 35.2 Å². The zero-order chi connectivity index (χ0) is 43.6. The molecule has 0 atom stereocenters. The van der Waals surface area contributed by atoms with Gasteiger partial charge in [0.1, 0.15) is 46.3 Å². The Morgan fingerprint density at radius 2 is 1.03 bits per heavy atom. The third-order valence-electron chi connectivity index (χ3n) is 7.80. The molecule has 0 fully saturated rings. The van der Waals surface area contributed by atoms with E-state index in [1.807, 2.05) is 19.0 Å². The summed E-state index contributed by atoms with van der Waals surface area (Å²) < 4.78 is 73.3. The van der Waals surface area contributed by atoms with E-state index in [0.717, 1.165) is 43.1 Å². The fourth-order valence-corrected chi connectivity index (χ4v) is 5.58. The van der Waals surface area contributed by atoms with Gasteiger partial charge in [0.15, 0.2) is 22.9 Å². The molecule has 0 saturated carbocycles. The Morgan fingerprint density at radius 1 is 0.576 bits per heavy atom. The van der Waals surface area contributed by atoms with Crippen LogP contribution in [-0.2, 0) is 16.0 Å². The molecule has 6 rings (SSSR count). The Kier molecular flexibility index (Phi) is 15.5. The predicted octanol–water partition coefficient (Wildman–Crippen LogP) is 7.72. The second-order valence-electron chi connectivity index (χ2n) is 13.6. The van der Waals surface area contributed by atoms with Crippen LogP contribution in [0.5, 0.6) is 34.5 Å². The third kappa shape index (κ3) is 12.5. The van der Waals surface area contributed by atoms with Gasteiger partial charge in [0.05, 0.1) is 19.9 Å². The van der Waals surface area contributed by atoms with Gasteiger partial charge in [-0.1, -0.05) is 0 Å². The number of halogens is 4. The Labute approximate surface area is 337 Å². The smallest absolute Gasteiger partial charge is 0.360 e. The van der Waals surface area contributed by atoms with Crippen LogP contribution in [0.3, 0.4) is 0 Å². The van der Waals surface area contributed by atoms with E-state index in [4.69, 9.17) is 9.47 Å². The number of ether oxygens (including phenoxy) is 4. The quantitative estimate of drug-likeness (QED) is 0.0791. The maximum atomic E-state index is 13.4. The summed E-state index contributed by atoms with van der Waals surface area (Å²) in [5.41, 5.74) is 0.118. The summed E-state index contributed by atoms with van der Waals surface area (Å²) in [7, 11) is 14.3. The Bertz CT molecular complexity index is 2400. The van der Waals surface area contributed by atoms with Crippen molar-refractivity contribution < 1.29 is 56.3 Å². The lowest BCUT2D eigenvalue weighted by molar-refractivity contribution is 0.0581. The molecule has 312 valence electrons. The summed E-state index contributed by atoms with van der Waals surface area (Å²) in [6.45, 7) is 1.40. The first-order valence-corrected chi connectivity index (χ1v) is 17.5. The molecule has 0 aliphatic carbocycles. The topological polar surface area (TPSA) is 147 Å². The van der Waals surface area contributed by atoms with Crippen LogP contribution in [0.4, 0.5) is 17.6 Å². The molecule has 0 bridgehead atoms. The minimum atomic E-state index is -0.759. The molecular formula is C42H43F4N5O8. The van der Waals surface area contributed by atoms with Gasteiger partial charge in [0, 0.05) is 77.4 Å². The molecule has 6 aromatic rings. The van der Waals surface area contributed by atoms with Gasteiger partial charge in [0.25, 0.3) is 0 Å². The van der Waals surface area contributed by atoms with E-state index in [1.54, 1.807) is 12.1 Å². The summed E-state index contributed by atoms with van der Waals surface area (Å²) in [5, 5.41) is 22.3. The highest BCUT2D eigenvalue weighted by atomic mass is 19.1. The van der Waals surface area contributed by atoms with Gasteiger partial charge in [0.2, 0.25) is 0 Å². The van der Waals surface area contributed by atoms with E-state index in [2.05, 4.69) is 57.4 Å². The number of aromatic hydroxyl groups is 2. The zero-order valence-corrected chi connectivity index (χ0v) is 33.5. The summed E-state index contributed by atoms with van der Waals surface area (Å²) in [5.74, 6) is -4.60. The molecule has 2 N–H and O–H groups in total. The predicted molar refractivity (Wildman–Crippen MR) is 212 cm³/mol. The largest absolute Gasteiger partial charge is 0.505 e. The normalized spacial score (nSPS) is 10.9. The number of rotatable bonds is 10. The van der Waals surface area contributed by atoms with Crippen LogP contribution < -0.4 is 9.47 Å². The van der Waals surface area contributed by atoms with Crippen molar-refractivity contribution in [1.29, 1.82) is 0 Å². The number of pyridine rings is 2. The summed E-state index contributed by atoms with van der Waals surface area (Å²) in [4.78, 5) is 37.6. The van der Waals surface area contributed by atoms with Crippen molar-refractivity contribution in [3.63, 3.8) is 0 Å². The number of esters is 2. The third-order valence-corrected chi connectivity index (χ3v) is 7.80. The van der Waals surface area contributed by atoms with E-state index in [0.29, 0.717) is 45.3 Å². The molecule has 2 heterocycles. The lowest BCUT2D eigenvalue weighted by atomic mass is 10.1. The van der Waals surface area contributed by atoms with Crippen molar-refractivity contribution in [2.24, 2.45) is 0 Å². The number of aromatic nitrogens is 2. The molecule has 0 aliphatic rings. The molecule has 0 aliphatic heterocycles. The van der Waals surface area contributed by atoms with Gasteiger partial charge in [-0.25, -0.2) is 37.1 Å². The standard InChI is InChI=1S/C20H18F2N2O4.C17H11F2NO4.C5H14N2/c1-24(2)10-17-16-9-13(28-14-7-11(21)6-12(22)8-14)4-5-15(16)19(25)18(23-17)20(26)27-3;1-23-17(22)15-16(21)14-3-2-12(4-9(14)8-20-15)24-13-6-10(18)5-11(19)7-13;1-6(2)5-7(3)4/h4-9,25H,10H2,1-3H3;2-8,21H,1H3;5H2,1-4H3. The molecule has 0 amide bonds. The highest BCUT2D eigenvalue weighted by Crippen LogP contribution is 2.35. The summed E-state index contributed by atoms with van der Waals surface area (Å²) >= 11 is 0. The Morgan fingerprint density at radius 3 is 1.49 bits per heavy atom. The van der Waals surface area contributed by atoms with Gasteiger partial charge in [-0.3, -0.25) is 9.80 Å². The lowest BCUT2D eigenvalue weighted by Crippen LogP contribution is -2.26. The first kappa shape index (κ1) is 45.1. The molecule has 13 nitrogen and oxygen atoms in total. The zero-order valence-electron chi connectivity index (χ0n) is 33.5. The maximum absolute atomic E-state index is 13.4. The monoisotopic (exact) mass is 821 g/mol. The van der Waals surface area contributed by atoms with Crippen molar-refractivity contribution >= 4 is 33.5 Å². The number of carbonyl (C=O) groups excluding carboxylic acids is 2. The second kappa shape index (κ2) is 20.2. The van der Waals surface area contributed by atoms with E-state index in [-0.39, 0.29) is 34.4 Å². The molecule has 0 saturated heterocycles. The van der Waals surface area contributed by atoms with Crippen LogP contribution in [0.2, 0.25) is 0 Å². The number of hydrogen-bond donors (Lipinski definition) is 2. The highest BCUT2D eigenvalue weighted by molar-refractivity contribution is 6.01. The van der Waals surface area contributed by atoms with Crippen LogP contribution in [0.1, 0.15) is 26.7 Å². The number of carbonyl (C=O) groups is 2. The number of nitrogens with zero attached hydrogens (tertiary/aromatic N) is 5. The average Bonchev–Trinajstić information content (AvgIpc) is 3.14. The molecule has 0 unspecified atom stereocenters. The molecule has 2 aromatic heterocycles. The lowest BCUT2D eigenvalue weighted by Gasteiger charge is -2.15. The van der Waals surface area contributed by atoms with Gasteiger partial charge in [-0.2, -0.15) is 0 Å². The van der Waals surface area contributed by atoms with E-state index >= 15 is 0 Å². The molecule has 0 spiro atoms. The fraction of sp³-hybridized carbons (Fsp3) is 0.238. The number of methoxy groups -OCH3 is 2. The minimum absolute atomic E-state index is 0.00443. The molecule has 0 radical (unpaired) electrons. The maximum Gasteiger partial charge on any atom is 0.360 e. The molecular weight excluding hydrogens is 778 g/mol. The SMILES string of the molecule is CN(C)CN(C)C.COC(=O)c1nc(CN(C)C)c2cc(Oc3cc(F)cc(F)c3)ccc2c1O.COC(=O)c1ncc2cc(Oc3cc(F)cc(F)c3)ccc2c1O. The minimum Gasteiger partial charge on any atom is -0.505 e. The van der Waals surface area contributed by atoms with Crippen LogP contribution in [0.25, 0.3) is 21.5 Å². The van der Waals surface area contributed by atoms with Crippen LogP contribution in [0.15, 0.2) is 79.0 Å². The highest BCUT2D eigenvalue weighted by Gasteiger charge is 2.21. The molecule has 17 heteroatoms. The van der Waals surface area contributed by atoms with Crippen molar-refractivity contribution in [3.8, 4) is 34.5 Å². The first-order valence-electron chi connectivity index (χ1n) is 17.5. The molecule has 59 heavy (non-hydrogen) atoms. The van der Waals surface area contributed by atoms with Crippen LogP contribution >= 0.6 is 0 Å². The summed E-state index contributed by atoms with van der Waals surface area (Å²) in [6.07, 6.45) is 1.36. The summed E-state index contributed by atoms with van der Waals surface area (Å²) in [6, 6.07) is 14.9. The molecule has 4 aromatic carbocycles. The fourth-order valence-electron chi connectivity index (χ4n) is 5.58. The van der Waals surface area contributed by atoms with Crippen LogP contribution in [0, 0.1) is 23.3 Å². The van der Waals surface area contributed by atoms with E-state index in [1.165, 1.54) is 44.7 Å². The average molecular weight is 822 g/mol. The first-order chi connectivity index (χ1) is 27.9. The van der Waals surface area contributed by atoms with Gasteiger partial charge in [-0.15, -0.1) is 0 Å². The number of hydrogen-bond acceptors (Lipinski definition) is 13. The second-order valence-corrected chi connectivity index (χ2v) is 13.6. The number of benzene rings is 4. The Balaban J connectivity index is 0.000000226.